The lowest BCUT2D eigenvalue weighted by atomic mass is 9.75. The van der Waals surface area contributed by atoms with Gasteiger partial charge in [-0.25, -0.2) is 4.79 Å². The summed E-state index contributed by atoms with van der Waals surface area (Å²) in [5.74, 6) is 0.217. The molecule has 9 heteroatoms. The molecule has 4 heterocycles. The highest BCUT2D eigenvalue weighted by Gasteiger charge is 2.50. The molecule has 2 amide bonds. The van der Waals surface area contributed by atoms with Gasteiger partial charge in [0.1, 0.15) is 6.10 Å². The molecule has 3 aliphatic rings. The van der Waals surface area contributed by atoms with Crippen molar-refractivity contribution in [2.45, 2.75) is 31.4 Å². The van der Waals surface area contributed by atoms with E-state index >= 15 is 0 Å². The largest absolute Gasteiger partial charge is 0.386 e. The zero-order valence-corrected chi connectivity index (χ0v) is 18.6. The molecule has 31 heavy (non-hydrogen) atoms. The Balaban J connectivity index is 1.20. The van der Waals surface area contributed by atoms with Crippen molar-refractivity contribution in [2.75, 3.05) is 52.5 Å². The lowest BCUT2D eigenvalue weighted by Crippen LogP contribution is -2.51. The maximum atomic E-state index is 12.6. The first-order valence-electron chi connectivity index (χ1n) is 11.2. The van der Waals surface area contributed by atoms with E-state index in [1.807, 2.05) is 27.9 Å². The Morgan fingerprint density at radius 3 is 2.77 bits per heavy atom. The number of benzene rings is 1. The third kappa shape index (κ3) is 3.59. The number of carbonyl (C=O) groups is 1. The number of carbonyl (C=O) groups excluding carboxylic acids is 1. The van der Waals surface area contributed by atoms with Crippen molar-refractivity contribution in [3.8, 4) is 0 Å². The van der Waals surface area contributed by atoms with E-state index in [0.717, 1.165) is 62.2 Å². The van der Waals surface area contributed by atoms with E-state index in [4.69, 9.17) is 16.3 Å². The summed E-state index contributed by atoms with van der Waals surface area (Å²) in [6.45, 7) is 8.33. The summed E-state index contributed by atoms with van der Waals surface area (Å²) in [6, 6.07) is 3.75. The fourth-order valence-electron chi connectivity index (χ4n) is 5.49. The van der Waals surface area contributed by atoms with Crippen LogP contribution in [0.4, 0.5) is 4.79 Å². The minimum absolute atomic E-state index is 0.000352. The van der Waals surface area contributed by atoms with E-state index < -0.39 is 11.6 Å². The van der Waals surface area contributed by atoms with Crippen molar-refractivity contribution in [3.63, 3.8) is 0 Å². The number of rotatable bonds is 4. The zero-order valence-electron chi connectivity index (χ0n) is 17.9. The third-order valence-electron chi connectivity index (χ3n) is 7.38. The van der Waals surface area contributed by atoms with Crippen LogP contribution in [0, 0.1) is 5.92 Å². The van der Waals surface area contributed by atoms with Crippen LogP contribution < -0.4 is 5.32 Å². The topological polar surface area (TPSA) is 82.9 Å². The summed E-state index contributed by atoms with van der Waals surface area (Å²) < 4.78 is 7.35. The van der Waals surface area contributed by atoms with E-state index in [0.29, 0.717) is 24.7 Å². The number of hydrogen-bond donors (Lipinski definition) is 2. The van der Waals surface area contributed by atoms with Crippen LogP contribution in [0.3, 0.4) is 0 Å². The number of nitrogens with zero attached hydrogens (tertiary/aromatic N) is 4. The molecule has 2 N–H and O–H groups in total. The van der Waals surface area contributed by atoms with Crippen molar-refractivity contribution in [2.24, 2.45) is 5.92 Å². The van der Waals surface area contributed by atoms with Crippen LogP contribution in [0.2, 0.25) is 5.02 Å². The Hall–Kier alpha value is -1.87. The van der Waals surface area contributed by atoms with Crippen molar-refractivity contribution >= 4 is 28.5 Å². The van der Waals surface area contributed by atoms with Crippen LogP contribution in [0.15, 0.2) is 18.3 Å². The first-order valence-corrected chi connectivity index (χ1v) is 11.5. The predicted molar refractivity (Wildman–Crippen MR) is 118 cm³/mol. The fourth-order valence-corrected chi connectivity index (χ4v) is 5.72. The van der Waals surface area contributed by atoms with Gasteiger partial charge in [0, 0.05) is 55.2 Å². The molecule has 8 nitrogen and oxygen atoms in total. The molecule has 0 bridgehead atoms. The first kappa shape index (κ1) is 21.0. The monoisotopic (exact) mass is 447 g/mol. The molecule has 2 saturated heterocycles. The van der Waals surface area contributed by atoms with E-state index in [1.54, 1.807) is 0 Å². The van der Waals surface area contributed by atoms with Crippen molar-refractivity contribution in [1.82, 2.24) is 24.9 Å². The second kappa shape index (κ2) is 8.24. The van der Waals surface area contributed by atoms with Gasteiger partial charge in [-0.1, -0.05) is 11.6 Å². The van der Waals surface area contributed by atoms with Gasteiger partial charge in [0.15, 0.2) is 0 Å². The van der Waals surface area contributed by atoms with Crippen LogP contribution >= 0.6 is 11.6 Å². The van der Waals surface area contributed by atoms with Crippen LogP contribution in [-0.4, -0.2) is 83.2 Å². The molecule has 2 aromatic rings. The van der Waals surface area contributed by atoms with Gasteiger partial charge in [-0.3, -0.25) is 9.58 Å². The number of likely N-dealkylation sites (tertiary alicyclic amines) is 1. The van der Waals surface area contributed by atoms with Crippen molar-refractivity contribution in [3.05, 3.63) is 28.9 Å². The maximum absolute atomic E-state index is 12.6. The van der Waals surface area contributed by atoms with Gasteiger partial charge in [0.25, 0.3) is 0 Å². The van der Waals surface area contributed by atoms with Crippen LogP contribution in [0.5, 0.6) is 0 Å². The van der Waals surface area contributed by atoms with E-state index in [2.05, 4.69) is 22.2 Å². The van der Waals surface area contributed by atoms with Gasteiger partial charge >= 0.3 is 6.03 Å². The summed E-state index contributed by atoms with van der Waals surface area (Å²) in [7, 11) is 0. The van der Waals surface area contributed by atoms with Crippen LogP contribution in [-0.2, 0) is 10.3 Å². The van der Waals surface area contributed by atoms with Crippen molar-refractivity contribution in [1.29, 1.82) is 0 Å². The number of ether oxygens (including phenoxy) is 1. The number of halogens is 1. The highest BCUT2D eigenvalue weighted by Crippen LogP contribution is 2.51. The number of aliphatic hydroxyl groups excluding tert-OH is 1. The standard InChI is InChI=1S/C22H30ClN5O3/c1-22(20(29)18-13-17(23)12-15-14-25-28(22)19(15)18)16-2-5-27(6-3-16)21(30)24-4-7-26-8-10-31-11-9-26/h12-14,16,20,29H,2-11H2,1H3,(H,24,30)/t20-,22?/m1/s1. The zero-order chi connectivity index (χ0) is 21.6. The maximum Gasteiger partial charge on any atom is 0.317 e. The second-order valence-corrected chi connectivity index (χ2v) is 9.50. The molecule has 0 saturated carbocycles. The van der Waals surface area contributed by atoms with E-state index in [1.165, 1.54) is 0 Å². The number of hydrogen-bond acceptors (Lipinski definition) is 5. The minimum Gasteiger partial charge on any atom is -0.386 e. The summed E-state index contributed by atoms with van der Waals surface area (Å²) >= 11 is 6.26. The fraction of sp³-hybridized carbons (Fsp3) is 0.636. The number of piperidine rings is 1. The minimum atomic E-state index is -0.656. The Kier molecular flexibility index (Phi) is 5.58. The van der Waals surface area contributed by atoms with Gasteiger partial charge in [-0.2, -0.15) is 5.10 Å². The summed E-state index contributed by atoms with van der Waals surface area (Å²) in [5.41, 5.74) is 1.29. The first-order chi connectivity index (χ1) is 15.0. The average molecular weight is 448 g/mol. The molecular formula is C22H30ClN5O3. The van der Waals surface area contributed by atoms with Crippen LogP contribution in [0.1, 0.15) is 31.4 Å². The quantitative estimate of drug-likeness (QED) is 0.750. The smallest absolute Gasteiger partial charge is 0.317 e. The molecule has 2 atom stereocenters. The van der Waals surface area contributed by atoms with Crippen LogP contribution in [0.25, 0.3) is 10.9 Å². The highest BCUT2D eigenvalue weighted by atomic mass is 35.5. The SMILES string of the molecule is CC1(C2CCN(C(=O)NCCN3CCOCC3)CC2)[C@H](O)c2cc(Cl)cc3cnn1c23. The Labute approximate surface area is 187 Å². The Morgan fingerprint density at radius 1 is 1.29 bits per heavy atom. The summed E-state index contributed by atoms with van der Waals surface area (Å²) in [5, 5.41) is 20.5. The Morgan fingerprint density at radius 2 is 2.03 bits per heavy atom. The lowest BCUT2D eigenvalue weighted by Gasteiger charge is -2.42. The van der Waals surface area contributed by atoms with Crippen molar-refractivity contribution < 1.29 is 14.6 Å². The van der Waals surface area contributed by atoms with E-state index in [9.17, 15) is 9.90 Å². The molecule has 1 aromatic heterocycles. The molecule has 0 spiro atoms. The second-order valence-electron chi connectivity index (χ2n) is 9.06. The lowest BCUT2D eigenvalue weighted by molar-refractivity contribution is -0.0117. The van der Waals surface area contributed by atoms with Gasteiger partial charge in [-0.05, 0) is 37.8 Å². The molecule has 0 aliphatic carbocycles. The number of amides is 2. The molecule has 1 unspecified atom stereocenters. The number of aliphatic hydroxyl groups is 1. The molecule has 1 aromatic carbocycles. The highest BCUT2D eigenvalue weighted by molar-refractivity contribution is 6.31. The number of aromatic nitrogens is 2. The molecule has 168 valence electrons. The summed E-state index contributed by atoms with van der Waals surface area (Å²) in [6.07, 6.45) is 2.82. The normalized spacial score (nSPS) is 27.2. The van der Waals surface area contributed by atoms with Gasteiger partial charge in [0.05, 0.1) is 30.5 Å². The molecule has 5 rings (SSSR count). The van der Waals surface area contributed by atoms with Gasteiger partial charge in [0.2, 0.25) is 0 Å². The third-order valence-corrected chi connectivity index (χ3v) is 7.60. The molecular weight excluding hydrogens is 418 g/mol. The number of nitrogens with one attached hydrogen (secondary N) is 1. The van der Waals surface area contributed by atoms with E-state index in [-0.39, 0.29) is 11.9 Å². The molecule has 2 fully saturated rings. The predicted octanol–water partition coefficient (Wildman–Crippen LogP) is 2.21. The van der Waals surface area contributed by atoms with Gasteiger partial charge in [-0.15, -0.1) is 0 Å². The average Bonchev–Trinajstić information content (AvgIpc) is 3.30. The Bertz CT molecular complexity index is 967. The number of morpholine rings is 1. The number of urea groups is 1. The van der Waals surface area contributed by atoms with Gasteiger partial charge < -0.3 is 20.1 Å². The molecule has 0 radical (unpaired) electrons. The summed E-state index contributed by atoms with van der Waals surface area (Å²) in [4.78, 5) is 16.8. The molecule has 3 aliphatic heterocycles.